The number of aromatic hydroxyl groups is 1. The zero-order valence-corrected chi connectivity index (χ0v) is 82.0. The van der Waals surface area contributed by atoms with Crippen molar-refractivity contribution in [2.75, 3.05) is 33.3 Å². The Labute approximate surface area is 801 Å². The maximum absolute atomic E-state index is 14.8. The first-order valence-electron chi connectivity index (χ1n) is 48.2. The van der Waals surface area contributed by atoms with Gasteiger partial charge < -0.3 is 103 Å². The molecule has 8 amide bonds. The largest absolute Gasteiger partial charge is 0.508 e. The van der Waals surface area contributed by atoms with Crippen LogP contribution >= 0.6 is 0 Å². The number of unbranched alkanes of at least 4 members (excludes halogenated alkanes) is 11. The van der Waals surface area contributed by atoms with Crippen LogP contribution in [-0.4, -0.2) is 209 Å². The number of rotatable bonds is 72. The highest BCUT2D eigenvalue weighted by molar-refractivity contribution is 5.99. The minimum absolute atomic E-state index is 0.00989. The number of H-pyrrole nitrogens is 3. The molecule has 0 saturated heterocycles. The van der Waals surface area contributed by atoms with Crippen molar-refractivity contribution in [2.24, 2.45) is 114 Å². The van der Waals surface area contributed by atoms with Crippen molar-refractivity contribution in [2.45, 2.75) is 311 Å². The lowest BCUT2D eigenvalue weighted by Gasteiger charge is -2.27. The molecule has 3 aromatic heterocycles. The molecule has 4 rings (SSSR count). The number of guanidine groups is 3. The molecular weight excluding hydrogens is 1740 g/mol. The number of ketones is 6. The fraction of sp³-hybridized carbons (Fsp3) is 0.649. The molecule has 26 N–H and O–H groups in total. The van der Waals surface area contributed by atoms with Crippen LogP contribution in [0.1, 0.15) is 272 Å². The van der Waals surface area contributed by atoms with E-state index in [1.165, 1.54) is 89.3 Å². The maximum atomic E-state index is 14.8. The predicted octanol–water partition coefficient (Wildman–Crippen LogP) is 6.03. The number of benzene rings is 1. The summed E-state index contributed by atoms with van der Waals surface area (Å²) in [4.78, 5) is 225. The van der Waals surface area contributed by atoms with Crippen LogP contribution in [-0.2, 0) is 92.8 Å². The summed E-state index contributed by atoms with van der Waals surface area (Å²) in [5.41, 5.74) is 41.4. The number of aromatic amines is 3. The summed E-state index contributed by atoms with van der Waals surface area (Å²) in [6.07, 6.45) is 29.3. The molecule has 0 aliphatic rings. The van der Waals surface area contributed by atoms with Gasteiger partial charge >= 0.3 is 0 Å². The average Bonchev–Trinajstić information content (AvgIpc) is 1.54. The van der Waals surface area contributed by atoms with E-state index in [1.54, 1.807) is 45.3 Å². The third-order valence-electron chi connectivity index (χ3n) is 23.4. The van der Waals surface area contributed by atoms with Crippen LogP contribution in [0.15, 0.2) is 89.0 Å². The van der Waals surface area contributed by atoms with Crippen molar-refractivity contribution >= 4 is 99.8 Å². The van der Waals surface area contributed by atoms with Crippen LogP contribution in [0.2, 0.25) is 0 Å². The van der Waals surface area contributed by atoms with Crippen molar-refractivity contribution in [3.05, 3.63) is 96.6 Å². The second-order valence-corrected chi connectivity index (χ2v) is 37.0. The number of phenolic OH excluding ortho intramolecular Hbond substituents is 1. The van der Waals surface area contributed by atoms with E-state index < -0.39 is 150 Å². The van der Waals surface area contributed by atoms with Crippen LogP contribution in [0.4, 0.5) is 0 Å². The normalized spacial score (nSPS) is 14.0. The van der Waals surface area contributed by atoms with Gasteiger partial charge in [0.2, 0.25) is 47.3 Å². The number of carbonyl (C=O) groups is 14. The molecule has 4 aromatic rings. The number of carbonyl (C=O) groups excluding carboxylic acids is 14. The number of Topliss-reactive ketones (excluding diaryl/α,β-unsaturated/α-hetero) is 6. The Morgan fingerprint density at radius 2 is 0.809 bits per heavy atom. The number of hydrogen-bond acceptors (Lipinski definition) is 22. The van der Waals surface area contributed by atoms with Crippen molar-refractivity contribution < 1.29 is 77.3 Å². The Balaban J connectivity index is 0.000000771. The zero-order valence-electron chi connectivity index (χ0n) is 82.0. The van der Waals surface area contributed by atoms with E-state index in [9.17, 15) is 77.3 Å². The number of aromatic nitrogens is 6. The van der Waals surface area contributed by atoms with Crippen LogP contribution < -0.4 is 77.4 Å². The molecule has 0 radical (unpaired) electrons. The minimum atomic E-state index is -1.39. The fourth-order valence-corrected chi connectivity index (χ4v) is 15.6. The Kier molecular flexibility index (Phi) is 57.7. The number of amides is 8. The summed E-state index contributed by atoms with van der Waals surface area (Å²) < 4.78 is 0. The van der Waals surface area contributed by atoms with Crippen LogP contribution in [0, 0.1) is 59.2 Å². The van der Waals surface area contributed by atoms with Gasteiger partial charge in [0.1, 0.15) is 17.6 Å². The van der Waals surface area contributed by atoms with Gasteiger partial charge in [-0.05, 0) is 125 Å². The van der Waals surface area contributed by atoms with Gasteiger partial charge in [0.05, 0.1) is 67.6 Å². The zero-order chi connectivity index (χ0) is 101. The van der Waals surface area contributed by atoms with Crippen molar-refractivity contribution in [1.29, 1.82) is 0 Å². The number of nitrogens with one attached hydrogen (secondary N) is 10. The van der Waals surface area contributed by atoms with Gasteiger partial charge in [-0.1, -0.05) is 145 Å². The summed E-state index contributed by atoms with van der Waals surface area (Å²) in [5, 5.41) is 38.9. The van der Waals surface area contributed by atoms with Crippen molar-refractivity contribution in [1.82, 2.24) is 67.1 Å². The summed E-state index contributed by atoms with van der Waals surface area (Å²) in [6.45, 7) is 17.8. The first-order valence-corrected chi connectivity index (χ1v) is 48.2. The summed E-state index contributed by atoms with van der Waals surface area (Å²) in [6, 6.07) is -0.483. The molecule has 0 aliphatic heterocycles. The SMILES string of the molecule is CC(C)C[C@H](CC(=O)[C@H](CC(C)C)NC(=O)[C@H](CCCN=C(N)N)CC(=O)[C@H](CCCN=C(N)N)NC(=O)[C@@H](CC(=O)[C@H](CCCN=C(N)N)NC(=O)[C@@H](CC(=O)C(C)C)Cc1ccc(O)cc1)Cc1cnc[nH]1)C(=O)N[C@@H](CO)C(N)=O.CCCCCCCC/C=C/CCCCCCCC(=O)N[C@@H](Cc1cnc[nH]1)C(=O)C[C@@H](C)C(=O)N[C@H](C(=O)C[C@@H](Cc1cnc[nH]1)C(=O)NC)C(C)C. The second kappa shape index (κ2) is 66.4. The van der Waals surface area contributed by atoms with Crippen LogP contribution in [0.5, 0.6) is 5.75 Å². The lowest BCUT2D eigenvalue weighted by molar-refractivity contribution is -0.136. The standard InChI is InChI=1S/C56H92N16O11.C41H67N7O5/c1-31(2)20-36(51(81)72-44(29-73)49(57)79)26-48(78)43(21-32(3)4)71-50(80)35(10-7-17-65-54(58)59)24-46(76)41(11-8-18-66-55(60)61)70-53(83)38(23-39-28-64-30-68-39)27-47(77)42(12-9-19-67-56(62)63)69-52(82)37(25-45(75)33(5)6)22-34-13-15-40(74)16-14-34;1-6-7-8-9-10-11-12-13-14-15-16-17-18-19-20-21-38(51)47-35(25-34-27-44-29-46-34)36(49)22-31(4)40(52)48-39(30(2)3)37(50)24-32(41(53)42-5)23-33-26-43-28-45-33/h13-16,28,30-33,35-38,41-44,73-74H,7-12,17-27,29H2,1-6H3,(H2,57,79)(H,64,68)(H,69,82)(H,70,83)(H,71,80)(H,72,81)(H4,58,59,65)(H4,60,61,66)(H4,62,63,67);13-14,26-32,35,39H,6-12,15-25H2,1-5H3,(H,42,53)(H,43,45)(H,44,46)(H,47,51)(H,48,52)/b;14-13+/t35-,36-,37-,38-,41+,42+,43+,44+;31-,32-,35+,39+/m11/s1. The Morgan fingerprint density at radius 3 is 1.26 bits per heavy atom. The molecular formula is C97H159N23O16. The molecule has 0 aliphatic carbocycles. The Morgan fingerprint density at radius 1 is 0.404 bits per heavy atom. The Hall–Kier alpha value is -12.1. The topological polar surface area (TPSA) is 669 Å². The number of phenols is 1. The van der Waals surface area contributed by atoms with E-state index in [-0.39, 0.29) is 186 Å². The molecule has 0 spiro atoms. The monoisotopic (exact) mass is 1900 g/mol. The van der Waals surface area contributed by atoms with Crippen molar-refractivity contribution in [3.8, 4) is 5.75 Å². The quantitative estimate of drug-likeness (QED) is 0.0104. The van der Waals surface area contributed by atoms with Crippen LogP contribution in [0.3, 0.4) is 0 Å². The number of aliphatic imine (C=N–C) groups is 3. The van der Waals surface area contributed by atoms with Gasteiger partial charge in [-0.15, -0.1) is 0 Å². The maximum Gasteiger partial charge on any atom is 0.242 e. The molecule has 0 saturated carbocycles. The molecule has 39 nitrogen and oxygen atoms in total. The van der Waals surface area contributed by atoms with E-state index in [4.69, 9.17) is 40.1 Å². The molecule has 136 heavy (non-hydrogen) atoms. The third-order valence-corrected chi connectivity index (χ3v) is 23.4. The van der Waals surface area contributed by atoms with Gasteiger partial charge in [-0.3, -0.25) is 82.1 Å². The third kappa shape index (κ3) is 50.0. The molecule has 0 bridgehead atoms. The van der Waals surface area contributed by atoms with Crippen molar-refractivity contribution in [3.63, 3.8) is 0 Å². The predicted molar refractivity (Wildman–Crippen MR) is 523 cm³/mol. The van der Waals surface area contributed by atoms with Gasteiger partial charge in [0.25, 0.3) is 0 Å². The number of primary amides is 1. The molecule has 758 valence electrons. The average molecular weight is 1900 g/mol. The number of nitrogens with zero attached hydrogens (tertiary/aromatic N) is 6. The summed E-state index contributed by atoms with van der Waals surface area (Å²) in [7, 11) is 1.52. The molecule has 1 aromatic carbocycles. The highest BCUT2D eigenvalue weighted by Gasteiger charge is 2.38. The molecule has 0 fully saturated rings. The van der Waals surface area contributed by atoms with Crippen LogP contribution in [0.25, 0.3) is 0 Å². The lowest BCUT2D eigenvalue weighted by Crippen LogP contribution is -2.50. The number of allylic oxidation sites excluding steroid dienone is 2. The Bertz CT molecular complexity index is 4390. The van der Waals surface area contributed by atoms with E-state index in [2.05, 4.69) is 101 Å². The number of nitrogens with two attached hydrogens (primary N) is 7. The smallest absolute Gasteiger partial charge is 0.242 e. The molecule has 12 atom stereocenters. The number of imidazole rings is 3. The van der Waals surface area contributed by atoms with E-state index in [0.717, 1.165) is 44.2 Å². The highest BCUT2D eigenvalue weighted by Crippen LogP contribution is 2.27. The summed E-state index contributed by atoms with van der Waals surface area (Å²) in [5.74, 6) is -14.0. The van der Waals surface area contributed by atoms with E-state index >= 15 is 0 Å². The van der Waals surface area contributed by atoms with E-state index in [1.807, 2.05) is 41.5 Å². The lowest BCUT2D eigenvalue weighted by atomic mass is 9.87. The number of hydrogen-bond donors (Lipinski definition) is 19. The molecule has 3 heterocycles. The van der Waals surface area contributed by atoms with Gasteiger partial charge in [-0.25, -0.2) is 15.0 Å². The molecule has 39 heteroatoms. The minimum Gasteiger partial charge on any atom is -0.508 e. The summed E-state index contributed by atoms with van der Waals surface area (Å²) >= 11 is 0. The fourth-order valence-electron chi connectivity index (χ4n) is 15.6. The van der Waals surface area contributed by atoms with Gasteiger partial charge in [-0.2, -0.15) is 0 Å². The number of aliphatic hydroxyl groups is 1. The van der Waals surface area contributed by atoms with Gasteiger partial charge in [0, 0.05) is 156 Å². The van der Waals surface area contributed by atoms with E-state index in [0.29, 0.717) is 29.8 Å². The first kappa shape index (κ1) is 118. The number of aliphatic hydroxyl groups excluding tert-OH is 1. The second-order valence-electron chi connectivity index (χ2n) is 37.0. The first-order chi connectivity index (χ1) is 64.6. The highest BCUT2D eigenvalue weighted by atomic mass is 16.3. The van der Waals surface area contributed by atoms with Gasteiger partial charge in [0.15, 0.2) is 46.8 Å². The molecule has 0 unspecified atom stereocenters.